The molecular formula is C20H18F2N4O4S. The minimum atomic E-state index is -1.66. The van der Waals surface area contributed by atoms with Gasteiger partial charge in [-0.15, -0.1) is 11.3 Å². The van der Waals surface area contributed by atoms with Crippen molar-refractivity contribution in [3.63, 3.8) is 0 Å². The molecule has 2 aliphatic rings. The number of carbonyl (C=O) groups excluding carboxylic acids is 4. The first-order valence-electron chi connectivity index (χ1n) is 9.45. The first kappa shape index (κ1) is 20.9. The first-order chi connectivity index (χ1) is 14.6. The molecule has 1 aliphatic carbocycles. The highest BCUT2D eigenvalue weighted by Crippen LogP contribution is 2.39. The van der Waals surface area contributed by atoms with Crippen LogP contribution >= 0.6 is 11.3 Å². The number of primary amides is 1. The summed E-state index contributed by atoms with van der Waals surface area (Å²) in [5.41, 5.74) is 4.94. The molecule has 4 N–H and O–H groups in total. The van der Waals surface area contributed by atoms with Crippen LogP contribution in [0.1, 0.15) is 39.7 Å². The maximum absolute atomic E-state index is 13.6. The zero-order valence-corrected chi connectivity index (χ0v) is 17.2. The number of hydrogen-bond donors (Lipinski definition) is 3. The molecule has 0 bridgehead atoms. The fourth-order valence-electron chi connectivity index (χ4n) is 3.91. The highest BCUT2D eigenvalue weighted by atomic mass is 32.1. The molecule has 1 fully saturated rings. The molecule has 8 nitrogen and oxygen atoms in total. The number of halogens is 2. The van der Waals surface area contributed by atoms with Crippen molar-refractivity contribution >= 4 is 40.1 Å². The largest absolute Gasteiger partial charge is 0.365 e. The van der Waals surface area contributed by atoms with Crippen molar-refractivity contribution in [2.75, 3.05) is 11.9 Å². The Morgan fingerprint density at radius 1 is 1.26 bits per heavy atom. The number of thiophene rings is 1. The molecular weight excluding hydrogens is 430 g/mol. The van der Waals surface area contributed by atoms with E-state index in [9.17, 15) is 28.0 Å². The monoisotopic (exact) mass is 448 g/mol. The minimum absolute atomic E-state index is 0.0401. The van der Waals surface area contributed by atoms with Gasteiger partial charge in [-0.1, -0.05) is 6.07 Å². The van der Waals surface area contributed by atoms with E-state index in [1.165, 1.54) is 24.3 Å². The quantitative estimate of drug-likeness (QED) is 0.606. The zero-order chi connectivity index (χ0) is 22.5. The number of carbonyl (C=O) groups is 4. The van der Waals surface area contributed by atoms with Crippen molar-refractivity contribution in [3.05, 3.63) is 51.4 Å². The number of aryl methyl sites for hydroxylation is 1. The number of amides is 5. The Labute approximate surface area is 179 Å². The van der Waals surface area contributed by atoms with Gasteiger partial charge in [-0.3, -0.25) is 19.3 Å². The number of hydrogen-bond acceptors (Lipinski definition) is 5. The molecule has 1 aliphatic heterocycles. The van der Waals surface area contributed by atoms with Gasteiger partial charge in [-0.05, 0) is 49.4 Å². The van der Waals surface area contributed by atoms with E-state index in [0.29, 0.717) is 11.3 Å². The van der Waals surface area contributed by atoms with Crippen LogP contribution in [0.5, 0.6) is 0 Å². The van der Waals surface area contributed by atoms with E-state index in [0.717, 1.165) is 35.4 Å². The molecule has 162 valence electrons. The van der Waals surface area contributed by atoms with E-state index in [1.54, 1.807) is 0 Å². The van der Waals surface area contributed by atoms with Crippen LogP contribution in [-0.4, -0.2) is 35.2 Å². The second kappa shape index (κ2) is 7.41. The normalized spacial score (nSPS) is 20.0. The third kappa shape index (κ3) is 3.44. The lowest BCUT2D eigenvalue weighted by atomic mass is 9.92. The van der Waals surface area contributed by atoms with Crippen molar-refractivity contribution in [1.29, 1.82) is 0 Å². The fraction of sp³-hybridized carbons (Fsp3) is 0.300. The van der Waals surface area contributed by atoms with E-state index in [4.69, 9.17) is 5.73 Å². The summed E-state index contributed by atoms with van der Waals surface area (Å²) in [6, 6.07) is 2.01. The van der Waals surface area contributed by atoms with E-state index in [1.807, 2.05) is 0 Å². The lowest BCUT2D eigenvalue weighted by molar-refractivity contribution is -0.133. The zero-order valence-electron chi connectivity index (χ0n) is 16.4. The predicted molar refractivity (Wildman–Crippen MR) is 107 cm³/mol. The van der Waals surface area contributed by atoms with E-state index in [2.05, 4.69) is 10.6 Å². The summed E-state index contributed by atoms with van der Waals surface area (Å²) in [7, 11) is 0. The van der Waals surface area contributed by atoms with Gasteiger partial charge in [0.2, 0.25) is 5.91 Å². The van der Waals surface area contributed by atoms with Gasteiger partial charge in [0, 0.05) is 4.88 Å². The topological polar surface area (TPSA) is 122 Å². The smallest absolute Gasteiger partial charge is 0.325 e. The molecule has 1 aromatic heterocycles. The van der Waals surface area contributed by atoms with Gasteiger partial charge in [0.05, 0.1) is 5.56 Å². The second-order valence-electron chi connectivity index (χ2n) is 7.55. The molecule has 1 saturated heterocycles. The Hall–Kier alpha value is -3.34. The van der Waals surface area contributed by atoms with Crippen molar-refractivity contribution in [2.45, 2.75) is 31.7 Å². The lowest BCUT2D eigenvalue weighted by Gasteiger charge is -2.22. The van der Waals surface area contributed by atoms with Crippen LogP contribution < -0.4 is 16.4 Å². The first-order valence-corrected chi connectivity index (χ1v) is 10.3. The summed E-state index contributed by atoms with van der Waals surface area (Å²) < 4.78 is 26.9. The van der Waals surface area contributed by atoms with Crippen molar-refractivity contribution < 1.29 is 28.0 Å². The molecule has 2 aromatic rings. The third-order valence-corrected chi connectivity index (χ3v) is 6.70. The standard InChI is InChI=1S/C20H18F2N4O4S/c1-20(9-5-6-11(21)12(22)7-9)18(29)26(19(30)25-20)8-14(27)24-17-15(16(23)28)10-3-2-4-13(10)31-17/h5-7H,2-4,8H2,1H3,(H2,23,28)(H,24,27)(H,25,30)/t20-/m0/s1. The highest BCUT2D eigenvalue weighted by Gasteiger charge is 2.49. The van der Waals surface area contributed by atoms with Crippen LogP contribution in [-0.2, 0) is 28.0 Å². The van der Waals surface area contributed by atoms with Gasteiger partial charge in [0.25, 0.3) is 11.8 Å². The van der Waals surface area contributed by atoms with E-state index in [-0.39, 0.29) is 16.1 Å². The summed E-state index contributed by atoms with van der Waals surface area (Å²) >= 11 is 1.25. The van der Waals surface area contributed by atoms with Crippen LogP contribution in [0.2, 0.25) is 0 Å². The Kier molecular flexibility index (Phi) is 5.00. The highest BCUT2D eigenvalue weighted by molar-refractivity contribution is 7.17. The van der Waals surface area contributed by atoms with Crippen LogP contribution in [0, 0.1) is 11.6 Å². The molecule has 0 saturated carbocycles. The van der Waals surface area contributed by atoms with Crippen LogP contribution in [0.3, 0.4) is 0 Å². The van der Waals surface area contributed by atoms with Crippen molar-refractivity contribution in [3.8, 4) is 0 Å². The number of anilines is 1. The number of urea groups is 1. The van der Waals surface area contributed by atoms with Crippen LogP contribution in [0.4, 0.5) is 18.6 Å². The maximum atomic E-state index is 13.6. The average molecular weight is 448 g/mol. The summed E-state index contributed by atoms with van der Waals surface area (Å²) in [6.07, 6.45) is 2.38. The number of benzene rings is 1. The summed E-state index contributed by atoms with van der Waals surface area (Å²) in [5, 5.41) is 5.28. The molecule has 2 heterocycles. The molecule has 4 rings (SSSR count). The van der Waals surface area contributed by atoms with E-state index < -0.39 is 47.5 Å². The van der Waals surface area contributed by atoms with Crippen LogP contribution in [0.25, 0.3) is 0 Å². The molecule has 1 aromatic carbocycles. The van der Waals surface area contributed by atoms with Gasteiger partial charge in [0.1, 0.15) is 17.1 Å². The van der Waals surface area contributed by atoms with Gasteiger partial charge in [0.15, 0.2) is 11.6 Å². The molecule has 0 radical (unpaired) electrons. The molecule has 11 heteroatoms. The fourth-order valence-corrected chi connectivity index (χ4v) is 5.22. The number of nitrogens with zero attached hydrogens (tertiary/aromatic N) is 1. The third-order valence-electron chi connectivity index (χ3n) is 5.49. The molecule has 5 amide bonds. The Bertz CT molecular complexity index is 1150. The van der Waals surface area contributed by atoms with Gasteiger partial charge < -0.3 is 16.4 Å². The average Bonchev–Trinajstić information content (AvgIpc) is 3.32. The van der Waals surface area contributed by atoms with Crippen molar-refractivity contribution in [1.82, 2.24) is 10.2 Å². The lowest BCUT2D eigenvalue weighted by Crippen LogP contribution is -2.42. The Morgan fingerprint density at radius 3 is 2.68 bits per heavy atom. The number of nitrogens with two attached hydrogens (primary N) is 1. The molecule has 0 unspecified atom stereocenters. The number of imide groups is 1. The van der Waals surface area contributed by atoms with Crippen LogP contribution in [0.15, 0.2) is 18.2 Å². The van der Waals surface area contributed by atoms with Crippen molar-refractivity contribution in [2.24, 2.45) is 5.73 Å². The molecule has 31 heavy (non-hydrogen) atoms. The number of rotatable bonds is 5. The second-order valence-corrected chi connectivity index (χ2v) is 8.65. The summed E-state index contributed by atoms with van der Waals surface area (Å²) in [6.45, 7) is 0.720. The summed E-state index contributed by atoms with van der Waals surface area (Å²) in [5.74, 6) is -4.39. The maximum Gasteiger partial charge on any atom is 0.325 e. The Balaban J connectivity index is 1.53. The van der Waals surface area contributed by atoms with Gasteiger partial charge in [-0.25, -0.2) is 13.6 Å². The van der Waals surface area contributed by atoms with E-state index >= 15 is 0 Å². The molecule has 1 atom stereocenters. The number of fused-ring (bicyclic) bond motifs is 1. The SMILES string of the molecule is C[C@@]1(c2ccc(F)c(F)c2)NC(=O)N(CC(=O)Nc2sc3c(c2C(N)=O)CCC3)C1=O. The van der Waals surface area contributed by atoms with Gasteiger partial charge >= 0.3 is 6.03 Å². The Morgan fingerprint density at radius 2 is 2.00 bits per heavy atom. The summed E-state index contributed by atoms with van der Waals surface area (Å²) in [4.78, 5) is 51.3. The minimum Gasteiger partial charge on any atom is -0.365 e. The number of nitrogens with one attached hydrogen (secondary N) is 2. The predicted octanol–water partition coefficient (Wildman–Crippen LogP) is 2.02. The molecule has 0 spiro atoms. The van der Waals surface area contributed by atoms with Gasteiger partial charge in [-0.2, -0.15) is 0 Å².